The molecule has 0 bridgehead atoms. The minimum Gasteiger partial charge on any atom is -0.491 e. The molecule has 0 radical (unpaired) electrons. The van der Waals surface area contributed by atoms with Gasteiger partial charge in [0, 0.05) is 52.4 Å². The van der Waals surface area contributed by atoms with Crippen molar-refractivity contribution in [2.75, 3.05) is 65.6 Å². The number of piperazine rings is 1. The highest BCUT2D eigenvalue weighted by Crippen LogP contribution is 2.21. The van der Waals surface area contributed by atoms with Crippen molar-refractivity contribution in [3.8, 4) is 5.75 Å². The SMILES string of the molecule is CC(C)Oc1ccc(S(=O)(=O)N2CCN(CCN3CCOCC3)CC2)cc1. The van der Waals surface area contributed by atoms with Gasteiger partial charge in [0.25, 0.3) is 0 Å². The van der Waals surface area contributed by atoms with Crippen LogP contribution in [0.3, 0.4) is 0 Å². The van der Waals surface area contributed by atoms with Crippen LogP contribution >= 0.6 is 0 Å². The molecule has 2 saturated heterocycles. The van der Waals surface area contributed by atoms with Gasteiger partial charge in [0.05, 0.1) is 24.2 Å². The highest BCUT2D eigenvalue weighted by Gasteiger charge is 2.28. The maximum atomic E-state index is 12.9. The van der Waals surface area contributed by atoms with E-state index in [4.69, 9.17) is 9.47 Å². The van der Waals surface area contributed by atoms with E-state index >= 15 is 0 Å². The number of rotatable bonds is 7. The highest BCUT2D eigenvalue weighted by molar-refractivity contribution is 7.89. The second-order valence-corrected chi connectivity index (χ2v) is 9.28. The normalized spacial score (nSPS) is 20.9. The number of hydrogen-bond donors (Lipinski definition) is 0. The van der Waals surface area contributed by atoms with E-state index < -0.39 is 10.0 Å². The first-order valence-electron chi connectivity index (χ1n) is 9.74. The lowest BCUT2D eigenvalue weighted by atomic mass is 10.3. The summed E-state index contributed by atoms with van der Waals surface area (Å²) in [5.74, 6) is 0.692. The average Bonchev–Trinajstić information content (AvgIpc) is 2.67. The Kier molecular flexibility index (Phi) is 7.10. The van der Waals surface area contributed by atoms with Crippen molar-refractivity contribution in [3.63, 3.8) is 0 Å². The summed E-state index contributed by atoms with van der Waals surface area (Å²) in [5, 5.41) is 0. The molecule has 2 fully saturated rings. The number of ether oxygens (including phenoxy) is 2. The average molecular weight is 398 g/mol. The van der Waals surface area contributed by atoms with Crippen LogP contribution < -0.4 is 4.74 Å². The zero-order valence-electron chi connectivity index (χ0n) is 16.3. The van der Waals surface area contributed by atoms with Gasteiger partial charge in [-0.05, 0) is 38.1 Å². The fraction of sp³-hybridized carbons (Fsp3) is 0.684. The Morgan fingerprint density at radius 3 is 2.04 bits per heavy atom. The Morgan fingerprint density at radius 2 is 1.48 bits per heavy atom. The molecular weight excluding hydrogens is 366 g/mol. The fourth-order valence-corrected chi connectivity index (χ4v) is 4.83. The topological polar surface area (TPSA) is 62.3 Å². The number of hydrogen-bond acceptors (Lipinski definition) is 6. The zero-order chi connectivity index (χ0) is 19.3. The minimum atomic E-state index is -3.44. The van der Waals surface area contributed by atoms with Gasteiger partial charge in [-0.25, -0.2) is 8.42 Å². The molecule has 0 saturated carbocycles. The molecule has 8 heteroatoms. The molecule has 1 aromatic rings. The van der Waals surface area contributed by atoms with Crippen LogP contribution in [0.2, 0.25) is 0 Å². The number of sulfonamides is 1. The second kappa shape index (κ2) is 9.34. The molecule has 0 unspecified atom stereocenters. The van der Waals surface area contributed by atoms with Gasteiger partial charge in [-0.15, -0.1) is 0 Å². The lowest BCUT2D eigenvalue weighted by Gasteiger charge is -2.35. The van der Waals surface area contributed by atoms with Crippen molar-refractivity contribution in [2.45, 2.75) is 24.8 Å². The molecule has 1 aromatic carbocycles. The van der Waals surface area contributed by atoms with Gasteiger partial charge in [0.15, 0.2) is 0 Å². The summed E-state index contributed by atoms with van der Waals surface area (Å²) in [5.41, 5.74) is 0. The van der Waals surface area contributed by atoms with E-state index in [1.165, 1.54) is 0 Å². The summed E-state index contributed by atoms with van der Waals surface area (Å²) < 4.78 is 38.3. The van der Waals surface area contributed by atoms with Gasteiger partial charge in [0.1, 0.15) is 5.75 Å². The first-order valence-corrected chi connectivity index (χ1v) is 11.2. The van der Waals surface area contributed by atoms with Gasteiger partial charge in [-0.1, -0.05) is 0 Å². The van der Waals surface area contributed by atoms with Crippen molar-refractivity contribution in [3.05, 3.63) is 24.3 Å². The molecule has 0 aliphatic carbocycles. The summed E-state index contributed by atoms with van der Waals surface area (Å²) in [7, 11) is -3.44. The molecule has 27 heavy (non-hydrogen) atoms. The van der Waals surface area contributed by atoms with E-state index in [1.54, 1.807) is 28.6 Å². The van der Waals surface area contributed by atoms with Crippen molar-refractivity contribution < 1.29 is 17.9 Å². The van der Waals surface area contributed by atoms with Crippen LogP contribution in [0.15, 0.2) is 29.2 Å². The number of nitrogens with zero attached hydrogens (tertiary/aromatic N) is 3. The maximum absolute atomic E-state index is 12.9. The van der Waals surface area contributed by atoms with Gasteiger partial charge in [-0.2, -0.15) is 4.31 Å². The Hall–Kier alpha value is -1.19. The molecule has 2 aliphatic rings. The molecular formula is C19H31N3O4S. The van der Waals surface area contributed by atoms with Crippen molar-refractivity contribution >= 4 is 10.0 Å². The van der Waals surface area contributed by atoms with Crippen LogP contribution in [0.4, 0.5) is 0 Å². The molecule has 0 N–H and O–H groups in total. The number of benzene rings is 1. The Balaban J connectivity index is 1.50. The summed E-state index contributed by atoms with van der Waals surface area (Å²) in [4.78, 5) is 5.09. The van der Waals surface area contributed by atoms with Crippen molar-refractivity contribution in [1.29, 1.82) is 0 Å². The summed E-state index contributed by atoms with van der Waals surface area (Å²) in [6.07, 6.45) is 0.0676. The van der Waals surface area contributed by atoms with E-state index in [-0.39, 0.29) is 6.10 Å². The summed E-state index contributed by atoms with van der Waals surface area (Å²) in [6.45, 7) is 12.1. The second-order valence-electron chi connectivity index (χ2n) is 7.34. The lowest BCUT2D eigenvalue weighted by molar-refractivity contribution is 0.0317. The predicted molar refractivity (Wildman–Crippen MR) is 105 cm³/mol. The van der Waals surface area contributed by atoms with Crippen molar-refractivity contribution in [1.82, 2.24) is 14.1 Å². The first kappa shape index (κ1) is 20.5. The van der Waals surface area contributed by atoms with Crippen LogP contribution in [0.5, 0.6) is 5.75 Å². The summed E-state index contributed by atoms with van der Waals surface area (Å²) in [6, 6.07) is 6.73. The Morgan fingerprint density at radius 1 is 0.926 bits per heavy atom. The maximum Gasteiger partial charge on any atom is 0.243 e. The van der Waals surface area contributed by atoms with Gasteiger partial charge >= 0.3 is 0 Å². The van der Waals surface area contributed by atoms with E-state index in [0.29, 0.717) is 23.7 Å². The van der Waals surface area contributed by atoms with Gasteiger partial charge in [-0.3, -0.25) is 9.80 Å². The van der Waals surface area contributed by atoms with E-state index in [1.807, 2.05) is 13.8 Å². The van der Waals surface area contributed by atoms with Crippen LogP contribution in [0.1, 0.15) is 13.8 Å². The Labute approximate surface area is 162 Å². The Bertz CT molecular complexity index is 679. The van der Waals surface area contributed by atoms with E-state index in [9.17, 15) is 8.42 Å². The molecule has 152 valence electrons. The third-order valence-electron chi connectivity index (χ3n) is 5.00. The number of morpholine rings is 1. The largest absolute Gasteiger partial charge is 0.491 e. The van der Waals surface area contributed by atoms with E-state index in [0.717, 1.165) is 52.5 Å². The molecule has 0 atom stereocenters. The van der Waals surface area contributed by atoms with Gasteiger partial charge < -0.3 is 9.47 Å². The fourth-order valence-electron chi connectivity index (χ4n) is 3.41. The molecule has 0 aromatic heterocycles. The minimum absolute atomic E-state index is 0.0676. The van der Waals surface area contributed by atoms with Gasteiger partial charge in [0.2, 0.25) is 10.0 Å². The lowest BCUT2D eigenvalue weighted by Crippen LogP contribution is -2.50. The third-order valence-corrected chi connectivity index (χ3v) is 6.91. The first-order chi connectivity index (χ1) is 12.9. The molecule has 2 aliphatic heterocycles. The van der Waals surface area contributed by atoms with Crippen LogP contribution in [-0.2, 0) is 14.8 Å². The molecule has 0 amide bonds. The highest BCUT2D eigenvalue weighted by atomic mass is 32.2. The predicted octanol–water partition coefficient (Wildman–Crippen LogP) is 1.11. The molecule has 7 nitrogen and oxygen atoms in total. The van der Waals surface area contributed by atoms with E-state index in [2.05, 4.69) is 9.80 Å². The van der Waals surface area contributed by atoms with Crippen LogP contribution in [-0.4, -0.2) is 94.2 Å². The quantitative estimate of drug-likeness (QED) is 0.687. The molecule has 0 spiro atoms. The monoisotopic (exact) mass is 397 g/mol. The van der Waals surface area contributed by atoms with Crippen LogP contribution in [0, 0.1) is 0 Å². The standard InChI is InChI=1S/C19H31N3O4S/c1-17(2)26-18-3-5-19(6-4-18)27(23,24)22-11-9-20(10-12-22)7-8-21-13-15-25-16-14-21/h3-6,17H,7-16H2,1-2H3. The molecule has 2 heterocycles. The zero-order valence-corrected chi connectivity index (χ0v) is 17.2. The molecule has 3 rings (SSSR count). The van der Waals surface area contributed by atoms with Crippen molar-refractivity contribution in [2.24, 2.45) is 0 Å². The van der Waals surface area contributed by atoms with Crippen LogP contribution in [0.25, 0.3) is 0 Å². The third kappa shape index (κ3) is 5.65. The smallest absolute Gasteiger partial charge is 0.243 e. The summed E-state index contributed by atoms with van der Waals surface area (Å²) >= 11 is 0.